The van der Waals surface area contributed by atoms with Crippen molar-refractivity contribution in [3.8, 4) is 5.75 Å². The van der Waals surface area contributed by atoms with Gasteiger partial charge in [-0.3, -0.25) is 9.59 Å². The average Bonchev–Trinajstić information content (AvgIpc) is 2.81. The van der Waals surface area contributed by atoms with Crippen molar-refractivity contribution in [2.24, 2.45) is 0 Å². The van der Waals surface area contributed by atoms with Gasteiger partial charge in [-0.05, 0) is 30.2 Å². The predicted molar refractivity (Wildman–Crippen MR) is 122 cm³/mol. The Hall–Kier alpha value is -3.67. The lowest BCUT2D eigenvalue weighted by atomic mass is 10.0. The van der Waals surface area contributed by atoms with Crippen LogP contribution in [0.25, 0.3) is 0 Å². The number of benzene rings is 3. The first-order chi connectivity index (χ1) is 15.5. The van der Waals surface area contributed by atoms with E-state index in [9.17, 15) is 14.0 Å². The fourth-order valence-corrected chi connectivity index (χ4v) is 3.51. The Labute approximate surface area is 187 Å². The zero-order valence-corrected chi connectivity index (χ0v) is 18.3. The molecule has 166 valence electrons. The number of hydrogen-bond acceptors (Lipinski definition) is 3. The van der Waals surface area contributed by atoms with E-state index in [2.05, 4.69) is 5.32 Å². The minimum atomic E-state index is -0.750. The van der Waals surface area contributed by atoms with Gasteiger partial charge < -0.3 is 15.0 Å². The molecule has 0 spiro atoms. The van der Waals surface area contributed by atoms with Crippen LogP contribution in [-0.2, 0) is 22.6 Å². The Kier molecular flexibility index (Phi) is 7.97. The van der Waals surface area contributed by atoms with Crippen LogP contribution in [0.3, 0.4) is 0 Å². The lowest BCUT2D eigenvalue weighted by Gasteiger charge is -2.31. The summed E-state index contributed by atoms with van der Waals surface area (Å²) >= 11 is 0. The Bertz CT molecular complexity index is 1060. The summed E-state index contributed by atoms with van der Waals surface area (Å²) in [5.74, 6) is -1.23. The first kappa shape index (κ1) is 23.0. The summed E-state index contributed by atoms with van der Waals surface area (Å²) in [7, 11) is 1.55. The quantitative estimate of drug-likeness (QED) is 0.556. The monoisotopic (exact) mass is 434 g/mol. The van der Waals surface area contributed by atoms with E-state index in [-0.39, 0.29) is 24.8 Å². The summed E-state index contributed by atoms with van der Waals surface area (Å²) in [6.45, 7) is 1.82. The highest BCUT2D eigenvalue weighted by Gasteiger charge is 2.30. The molecule has 1 atom stereocenters. The standard InChI is InChI=1S/C26H27FN2O3/c1-19-9-8-12-21(15-19)17-29(25(30)18-32-24-14-7-6-13-22(24)27)23(26(31)28-2)16-20-10-4-3-5-11-20/h3-15,23H,16-18H2,1-2H3,(H,28,31)/t23-/m0/s1. The molecule has 0 aliphatic carbocycles. The molecule has 3 aromatic rings. The molecule has 0 radical (unpaired) electrons. The summed E-state index contributed by atoms with van der Waals surface area (Å²) < 4.78 is 19.4. The molecule has 0 saturated carbocycles. The Balaban J connectivity index is 1.88. The molecule has 1 N–H and O–H groups in total. The van der Waals surface area contributed by atoms with E-state index in [1.54, 1.807) is 19.2 Å². The Morgan fingerprint density at radius 2 is 1.66 bits per heavy atom. The molecule has 2 amide bonds. The number of nitrogens with one attached hydrogen (secondary N) is 1. The molecule has 0 aromatic heterocycles. The number of hydrogen-bond donors (Lipinski definition) is 1. The highest BCUT2D eigenvalue weighted by Crippen LogP contribution is 2.18. The second kappa shape index (κ2) is 11.1. The van der Waals surface area contributed by atoms with Gasteiger partial charge in [-0.1, -0.05) is 72.3 Å². The van der Waals surface area contributed by atoms with Crippen molar-refractivity contribution < 1.29 is 18.7 Å². The number of para-hydroxylation sites is 1. The SMILES string of the molecule is CNC(=O)[C@H](Cc1ccccc1)N(Cc1cccc(C)c1)C(=O)COc1ccccc1F. The van der Waals surface area contributed by atoms with Gasteiger partial charge in [-0.2, -0.15) is 0 Å². The number of ether oxygens (including phenoxy) is 1. The summed E-state index contributed by atoms with van der Waals surface area (Å²) in [5, 5.41) is 2.67. The summed E-state index contributed by atoms with van der Waals surface area (Å²) in [6.07, 6.45) is 0.345. The van der Waals surface area contributed by atoms with E-state index in [0.717, 1.165) is 16.7 Å². The molecule has 0 fully saturated rings. The van der Waals surface area contributed by atoms with Gasteiger partial charge in [0.1, 0.15) is 6.04 Å². The third-order valence-electron chi connectivity index (χ3n) is 5.14. The van der Waals surface area contributed by atoms with Gasteiger partial charge in [-0.15, -0.1) is 0 Å². The molecule has 0 saturated heterocycles. The summed E-state index contributed by atoms with van der Waals surface area (Å²) in [4.78, 5) is 27.6. The fraction of sp³-hybridized carbons (Fsp3) is 0.231. The van der Waals surface area contributed by atoms with Gasteiger partial charge in [0.2, 0.25) is 5.91 Å². The van der Waals surface area contributed by atoms with Gasteiger partial charge in [-0.25, -0.2) is 4.39 Å². The first-order valence-electron chi connectivity index (χ1n) is 10.5. The van der Waals surface area contributed by atoms with Crippen LogP contribution in [0, 0.1) is 12.7 Å². The van der Waals surface area contributed by atoms with E-state index < -0.39 is 17.8 Å². The molecule has 5 nitrogen and oxygen atoms in total. The van der Waals surface area contributed by atoms with Crippen molar-refractivity contribution in [2.75, 3.05) is 13.7 Å². The summed E-state index contributed by atoms with van der Waals surface area (Å²) in [5.41, 5.74) is 2.88. The molecule has 0 bridgehead atoms. The molecule has 0 aliphatic heterocycles. The number of halogens is 1. The molecule has 32 heavy (non-hydrogen) atoms. The maximum atomic E-state index is 13.9. The van der Waals surface area contributed by atoms with Gasteiger partial charge in [0.15, 0.2) is 18.2 Å². The van der Waals surface area contributed by atoms with Crippen molar-refractivity contribution in [1.29, 1.82) is 0 Å². The minimum absolute atomic E-state index is 0.00379. The smallest absolute Gasteiger partial charge is 0.261 e. The first-order valence-corrected chi connectivity index (χ1v) is 10.5. The van der Waals surface area contributed by atoms with Gasteiger partial charge in [0.25, 0.3) is 5.91 Å². The van der Waals surface area contributed by atoms with E-state index in [1.165, 1.54) is 17.0 Å². The lowest BCUT2D eigenvalue weighted by Crippen LogP contribution is -2.51. The number of carbonyl (C=O) groups excluding carboxylic acids is 2. The third-order valence-corrected chi connectivity index (χ3v) is 5.14. The normalized spacial score (nSPS) is 11.5. The van der Waals surface area contributed by atoms with Crippen molar-refractivity contribution >= 4 is 11.8 Å². The third kappa shape index (κ3) is 6.17. The number of carbonyl (C=O) groups is 2. The van der Waals surface area contributed by atoms with Gasteiger partial charge in [0.05, 0.1) is 0 Å². The van der Waals surface area contributed by atoms with Crippen LogP contribution in [0.4, 0.5) is 4.39 Å². The highest BCUT2D eigenvalue weighted by molar-refractivity contribution is 5.88. The topological polar surface area (TPSA) is 58.6 Å². The molecule has 3 rings (SSSR count). The number of aryl methyl sites for hydroxylation is 1. The van der Waals surface area contributed by atoms with Crippen molar-refractivity contribution in [3.63, 3.8) is 0 Å². The highest BCUT2D eigenvalue weighted by atomic mass is 19.1. The van der Waals surface area contributed by atoms with Crippen LogP contribution in [0.1, 0.15) is 16.7 Å². The van der Waals surface area contributed by atoms with E-state index in [1.807, 2.05) is 61.5 Å². The predicted octanol–water partition coefficient (Wildman–Crippen LogP) is 3.90. The van der Waals surface area contributed by atoms with Crippen LogP contribution in [0.5, 0.6) is 5.75 Å². The van der Waals surface area contributed by atoms with Crippen LogP contribution in [0.15, 0.2) is 78.9 Å². The minimum Gasteiger partial charge on any atom is -0.481 e. The number of likely N-dealkylation sites (N-methyl/N-ethyl adjacent to an activating group) is 1. The lowest BCUT2D eigenvalue weighted by molar-refractivity contribution is -0.142. The Morgan fingerprint density at radius 1 is 0.969 bits per heavy atom. The van der Waals surface area contributed by atoms with Crippen LogP contribution < -0.4 is 10.1 Å². The number of nitrogens with zero attached hydrogens (tertiary/aromatic N) is 1. The molecule has 6 heteroatoms. The average molecular weight is 435 g/mol. The van der Waals surface area contributed by atoms with Crippen molar-refractivity contribution in [3.05, 3.63) is 101 Å². The zero-order valence-electron chi connectivity index (χ0n) is 18.3. The van der Waals surface area contributed by atoms with E-state index in [4.69, 9.17) is 4.74 Å². The zero-order chi connectivity index (χ0) is 22.9. The van der Waals surface area contributed by atoms with Gasteiger partial charge >= 0.3 is 0 Å². The largest absolute Gasteiger partial charge is 0.481 e. The second-order valence-electron chi connectivity index (χ2n) is 7.55. The fourth-order valence-electron chi connectivity index (χ4n) is 3.51. The van der Waals surface area contributed by atoms with Gasteiger partial charge in [0, 0.05) is 20.0 Å². The molecule has 0 unspecified atom stereocenters. The summed E-state index contributed by atoms with van der Waals surface area (Å²) in [6, 6.07) is 22.5. The number of rotatable bonds is 9. The maximum Gasteiger partial charge on any atom is 0.261 e. The van der Waals surface area contributed by atoms with Crippen LogP contribution >= 0.6 is 0 Å². The van der Waals surface area contributed by atoms with Crippen molar-refractivity contribution in [2.45, 2.75) is 25.9 Å². The van der Waals surface area contributed by atoms with E-state index in [0.29, 0.717) is 6.42 Å². The Morgan fingerprint density at radius 3 is 2.34 bits per heavy atom. The van der Waals surface area contributed by atoms with Crippen LogP contribution in [-0.4, -0.2) is 36.4 Å². The maximum absolute atomic E-state index is 13.9. The molecule has 0 aliphatic rings. The number of amides is 2. The van der Waals surface area contributed by atoms with Crippen molar-refractivity contribution in [1.82, 2.24) is 10.2 Å². The molecule has 3 aromatic carbocycles. The van der Waals surface area contributed by atoms with E-state index >= 15 is 0 Å². The molecular formula is C26H27FN2O3. The second-order valence-corrected chi connectivity index (χ2v) is 7.55. The van der Waals surface area contributed by atoms with Crippen LogP contribution in [0.2, 0.25) is 0 Å². The molecular weight excluding hydrogens is 407 g/mol. The molecule has 0 heterocycles.